The van der Waals surface area contributed by atoms with Crippen LogP contribution in [-0.4, -0.2) is 63.0 Å². The summed E-state index contributed by atoms with van der Waals surface area (Å²) in [4.78, 5) is 30.3. The van der Waals surface area contributed by atoms with Gasteiger partial charge < -0.3 is 20.3 Å². The zero-order chi connectivity index (χ0) is 23.5. The third kappa shape index (κ3) is 5.60. The lowest BCUT2D eigenvalue weighted by molar-refractivity contribution is -0.126. The Kier molecular flexibility index (Phi) is 7.10. The van der Waals surface area contributed by atoms with E-state index in [-0.39, 0.29) is 19.6 Å². The van der Waals surface area contributed by atoms with Crippen molar-refractivity contribution in [2.45, 2.75) is 51.0 Å². The maximum Gasteiger partial charge on any atom is 0.411 e. The van der Waals surface area contributed by atoms with Crippen LogP contribution in [0.15, 0.2) is 42.7 Å². The highest BCUT2D eigenvalue weighted by Gasteiger charge is 2.41. The second-order valence-corrected chi connectivity index (χ2v) is 8.76. The van der Waals surface area contributed by atoms with Crippen molar-refractivity contribution in [1.29, 1.82) is 0 Å². The molecule has 0 bridgehead atoms. The standard InChI is InChI=1S/C23H28FN3O5/c1-23(2,3)32-22(31)27-12-16(29)10-20(27)21(30)26-19(13-28)15-6-4-14(5-7-15)17-8-9-25-11-18(17)24/h4-9,11,16,19-20,28-29H,10,12-13H2,1-3H3,(H,26,30)/t16-,19+,20+/m1/s1. The Hall–Kier alpha value is -3.04. The molecule has 2 amide bonds. The Balaban J connectivity index is 1.72. The van der Waals surface area contributed by atoms with Crippen LogP contribution in [0.2, 0.25) is 0 Å². The van der Waals surface area contributed by atoms with Gasteiger partial charge >= 0.3 is 6.09 Å². The number of rotatable bonds is 5. The summed E-state index contributed by atoms with van der Waals surface area (Å²) in [6.07, 6.45) is 1.17. The SMILES string of the molecule is CC(C)(C)OC(=O)N1C[C@H](O)C[C@H]1C(=O)N[C@@H](CO)c1ccc(-c2ccncc2F)cc1. The molecule has 2 heterocycles. The predicted molar refractivity (Wildman–Crippen MR) is 115 cm³/mol. The lowest BCUT2D eigenvalue weighted by Crippen LogP contribution is -2.48. The van der Waals surface area contributed by atoms with Gasteiger partial charge in [-0.05, 0) is 38.0 Å². The normalized spacial score (nSPS) is 19.5. The first-order valence-corrected chi connectivity index (χ1v) is 10.4. The summed E-state index contributed by atoms with van der Waals surface area (Å²) < 4.78 is 19.3. The smallest absolute Gasteiger partial charge is 0.411 e. The molecule has 1 aliphatic rings. The number of aromatic nitrogens is 1. The van der Waals surface area contributed by atoms with Crippen LogP contribution in [0.3, 0.4) is 0 Å². The minimum atomic E-state index is -0.918. The molecular weight excluding hydrogens is 417 g/mol. The Bertz CT molecular complexity index is 961. The average molecular weight is 445 g/mol. The number of ether oxygens (including phenoxy) is 1. The average Bonchev–Trinajstić information content (AvgIpc) is 3.13. The van der Waals surface area contributed by atoms with E-state index >= 15 is 0 Å². The summed E-state index contributed by atoms with van der Waals surface area (Å²) in [5, 5.41) is 22.6. The molecule has 1 fully saturated rings. The molecule has 1 aromatic heterocycles. The molecule has 172 valence electrons. The number of β-amino-alcohol motifs (C(OH)–C–C–N with tert-alkyl or cyclic N) is 1. The van der Waals surface area contributed by atoms with E-state index in [2.05, 4.69) is 10.3 Å². The summed E-state index contributed by atoms with van der Waals surface area (Å²) in [6.45, 7) is 4.76. The van der Waals surface area contributed by atoms with Gasteiger partial charge in [0, 0.05) is 18.2 Å². The van der Waals surface area contributed by atoms with Gasteiger partial charge in [0.1, 0.15) is 17.5 Å². The van der Waals surface area contributed by atoms with E-state index < -0.39 is 41.6 Å². The molecule has 0 saturated carbocycles. The van der Waals surface area contributed by atoms with E-state index in [4.69, 9.17) is 4.74 Å². The lowest BCUT2D eigenvalue weighted by Gasteiger charge is -2.28. The topological polar surface area (TPSA) is 112 Å². The van der Waals surface area contributed by atoms with Gasteiger partial charge in [-0.3, -0.25) is 14.7 Å². The highest BCUT2D eigenvalue weighted by Crippen LogP contribution is 2.25. The van der Waals surface area contributed by atoms with Crippen LogP contribution in [0, 0.1) is 5.82 Å². The fraction of sp³-hybridized carbons (Fsp3) is 0.435. The van der Waals surface area contributed by atoms with Gasteiger partial charge in [0.2, 0.25) is 5.91 Å². The molecule has 0 unspecified atom stereocenters. The maximum absolute atomic E-state index is 14.0. The fourth-order valence-electron chi connectivity index (χ4n) is 3.59. The number of nitrogens with zero attached hydrogens (tertiary/aromatic N) is 2. The molecule has 2 aromatic rings. The van der Waals surface area contributed by atoms with E-state index in [0.717, 1.165) is 6.20 Å². The summed E-state index contributed by atoms with van der Waals surface area (Å²) >= 11 is 0. The minimum Gasteiger partial charge on any atom is -0.444 e. The number of amides is 2. The van der Waals surface area contributed by atoms with Gasteiger partial charge in [-0.2, -0.15) is 0 Å². The fourth-order valence-corrected chi connectivity index (χ4v) is 3.59. The first-order chi connectivity index (χ1) is 15.1. The largest absolute Gasteiger partial charge is 0.444 e. The van der Waals surface area contributed by atoms with Crippen LogP contribution in [-0.2, 0) is 9.53 Å². The number of benzene rings is 1. The van der Waals surface area contributed by atoms with Crippen molar-refractivity contribution in [3.05, 3.63) is 54.1 Å². The van der Waals surface area contributed by atoms with Gasteiger partial charge in [-0.15, -0.1) is 0 Å². The quantitative estimate of drug-likeness (QED) is 0.652. The molecule has 0 radical (unpaired) electrons. The minimum absolute atomic E-state index is 0.0109. The van der Waals surface area contributed by atoms with Crippen LogP contribution in [0.4, 0.5) is 9.18 Å². The Morgan fingerprint density at radius 1 is 1.28 bits per heavy atom. The summed E-state index contributed by atoms with van der Waals surface area (Å²) in [7, 11) is 0. The van der Waals surface area contributed by atoms with E-state index in [9.17, 15) is 24.2 Å². The molecule has 0 aliphatic carbocycles. The number of carbonyl (C=O) groups is 2. The van der Waals surface area contributed by atoms with Crippen LogP contribution in [0.1, 0.15) is 38.8 Å². The second-order valence-electron chi connectivity index (χ2n) is 8.76. The van der Waals surface area contributed by atoms with Crippen molar-refractivity contribution in [2.24, 2.45) is 0 Å². The molecule has 1 aliphatic heterocycles. The van der Waals surface area contributed by atoms with Crippen molar-refractivity contribution in [2.75, 3.05) is 13.2 Å². The third-order valence-corrected chi connectivity index (χ3v) is 5.11. The Labute approximate surface area is 186 Å². The van der Waals surface area contributed by atoms with E-state index in [1.165, 1.54) is 11.1 Å². The van der Waals surface area contributed by atoms with Gasteiger partial charge in [0.05, 0.1) is 31.5 Å². The number of hydrogen-bond acceptors (Lipinski definition) is 6. The molecule has 3 rings (SSSR count). The highest BCUT2D eigenvalue weighted by molar-refractivity contribution is 5.86. The van der Waals surface area contributed by atoms with Crippen LogP contribution in [0.5, 0.6) is 0 Å². The number of pyridine rings is 1. The Morgan fingerprint density at radius 3 is 2.56 bits per heavy atom. The number of likely N-dealkylation sites (tertiary alicyclic amines) is 1. The molecule has 8 nitrogen and oxygen atoms in total. The van der Waals surface area contributed by atoms with Crippen molar-refractivity contribution < 1.29 is 28.9 Å². The maximum atomic E-state index is 14.0. The van der Waals surface area contributed by atoms with Gasteiger partial charge in [0.25, 0.3) is 0 Å². The number of carbonyl (C=O) groups excluding carboxylic acids is 2. The summed E-state index contributed by atoms with van der Waals surface area (Å²) in [5.74, 6) is -0.954. The lowest BCUT2D eigenvalue weighted by atomic mass is 10.0. The Morgan fingerprint density at radius 2 is 1.97 bits per heavy atom. The number of hydrogen-bond donors (Lipinski definition) is 3. The zero-order valence-corrected chi connectivity index (χ0v) is 18.3. The van der Waals surface area contributed by atoms with Crippen molar-refractivity contribution in [1.82, 2.24) is 15.2 Å². The van der Waals surface area contributed by atoms with Gasteiger partial charge in [0.15, 0.2) is 0 Å². The van der Waals surface area contributed by atoms with E-state index in [1.807, 2.05) is 0 Å². The summed E-state index contributed by atoms with van der Waals surface area (Å²) in [6, 6.07) is 6.66. The first kappa shape index (κ1) is 23.6. The molecule has 1 aromatic carbocycles. The number of aliphatic hydroxyl groups is 2. The number of aliphatic hydroxyl groups excluding tert-OH is 2. The third-order valence-electron chi connectivity index (χ3n) is 5.11. The summed E-state index contributed by atoms with van der Waals surface area (Å²) in [5.41, 5.74) is 0.896. The monoisotopic (exact) mass is 445 g/mol. The van der Waals surface area contributed by atoms with Crippen LogP contribution >= 0.6 is 0 Å². The van der Waals surface area contributed by atoms with Crippen LogP contribution < -0.4 is 5.32 Å². The number of nitrogens with one attached hydrogen (secondary N) is 1. The van der Waals surface area contributed by atoms with Crippen LogP contribution in [0.25, 0.3) is 11.1 Å². The molecular formula is C23H28FN3O5. The van der Waals surface area contributed by atoms with Gasteiger partial charge in [-0.25, -0.2) is 9.18 Å². The number of halogens is 1. The first-order valence-electron chi connectivity index (χ1n) is 10.4. The molecule has 1 saturated heterocycles. The van der Waals surface area contributed by atoms with E-state index in [1.54, 1.807) is 51.1 Å². The van der Waals surface area contributed by atoms with E-state index in [0.29, 0.717) is 16.7 Å². The molecule has 9 heteroatoms. The highest BCUT2D eigenvalue weighted by atomic mass is 19.1. The van der Waals surface area contributed by atoms with Gasteiger partial charge in [-0.1, -0.05) is 24.3 Å². The predicted octanol–water partition coefficient (Wildman–Crippen LogP) is 2.41. The van der Waals surface area contributed by atoms with Crippen molar-refractivity contribution in [3.8, 4) is 11.1 Å². The molecule has 0 spiro atoms. The second kappa shape index (κ2) is 9.62. The molecule has 3 atom stereocenters. The van der Waals surface area contributed by atoms with Crippen molar-refractivity contribution in [3.63, 3.8) is 0 Å². The zero-order valence-electron chi connectivity index (χ0n) is 18.3. The molecule has 32 heavy (non-hydrogen) atoms. The molecule has 3 N–H and O–H groups in total. The van der Waals surface area contributed by atoms with Crippen molar-refractivity contribution >= 4 is 12.0 Å².